The predicted molar refractivity (Wildman–Crippen MR) is 287 cm³/mol. The number of ketones is 1. The zero-order valence-corrected chi connectivity index (χ0v) is 46.3. The van der Waals surface area contributed by atoms with Gasteiger partial charge in [-0.05, 0) is 132 Å². The van der Waals surface area contributed by atoms with Gasteiger partial charge in [0, 0.05) is 93.8 Å². The third-order valence-corrected chi connectivity index (χ3v) is 12.4. The van der Waals surface area contributed by atoms with Gasteiger partial charge in [0.25, 0.3) is 0 Å². The molecule has 2 aliphatic heterocycles. The maximum atomic E-state index is 13.5. The monoisotopic (exact) mass is 1060 g/mol. The Morgan fingerprint density at radius 3 is 1.17 bits per heavy atom. The number of rotatable bonds is 7. The summed E-state index contributed by atoms with van der Waals surface area (Å²) >= 11 is 0. The van der Waals surface area contributed by atoms with E-state index < -0.39 is 43.7 Å². The number of piperazine rings is 2. The fraction of sp³-hybridized carbons (Fsp3) is 0.500. The molecule has 0 aliphatic carbocycles. The summed E-state index contributed by atoms with van der Waals surface area (Å²) in [5, 5.41) is 5.04. The lowest BCUT2D eigenvalue weighted by atomic mass is 10.1. The quantitative estimate of drug-likeness (QED) is 0.141. The maximum absolute atomic E-state index is 13.5. The van der Waals surface area contributed by atoms with Crippen molar-refractivity contribution in [1.82, 2.24) is 29.7 Å². The molecule has 4 aromatic rings. The van der Waals surface area contributed by atoms with Gasteiger partial charge in [0.15, 0.2) is 5.78 Å². The molecule has 2 N–H and O–H groups in total. The van der Waals surface area contributed by atoms with E-state index in [1.165, 1.54) is 48.8 Å². The van der Waals surface area contributed by atoms with Gasteiger partial charge < -0.3 is 29.1 Å². The normalized spacial score (nSPS) is 15.3. The van der Waals surface area contributed by atoms with Crippen LogP contribution in [-0.2, 0) is 31.4 Å². The first-order chi connectivity index (χ1) is 32.0. The highest BCUT2D eigenvalue weighted by atomic mass is 32.2. The topological polar surface area (TPSA) is 207 Å². The Bertz CT molecular complexity index is 2430. The van der Waals surface area contributed by atoms with Gasteiger partial charge in [0.1, 0.15) is 33.8 Å². The van der Waals surface area contributed by atoms with Crippen molar-refractivity contribution in [1.29, 1.82) is 0 Å². The van der Waals surface area contributed by atoms with Gasteiger partial charge in [0.05, 0.1) is 31.8 Å². The first kappa shape index (κ1) is 62.0. The van der Waals surface area contributed by atoms with E-state index in [4.69, 9.17) is 14.6 Å². The van der Waals surface area contributed by atoms with Crippen molar-refractivity contribution in [3.63, 3.8) is 0 Å². The molecule has 2 aromatic carbocycles. The van der Waals surface area contributed by atoms with E-state index in [9.17, 15) is 31.6 Å². The van der Waals surface area contributed by atoms with Gasteiger partial charge in [0.2, 0.25) is 11.9 Å². The van der Waals surface area contributed by atoms with Crippen LogP contribution in [-0.4, -0.2) is 135 Å². The molecule has 6 rings (SSSR count). The van der Waals surface area contributed by atoms with Crippen molar-refractivity contribution in [3.05, 3.63) is 107 Å². The molecule has 2 amide bonds. The van der Waals surface area contributed by atoms with E-state index in [0.29, 0.717) is 92.2 Å². The lowest BCUT2D eigenvalue weighted by molar-refractivity contribution is 0.0229. The number of benzene rings is 2. The highest BCUT2D eigenvalue weighted by molar-refractivity contribution is 7.85. The molecule has 17 nitrogen and oxygen atoms in total. The highest BCUT2D eigenvalue weighted by Crippen LogP contribution is 2.21. The Labute approximate surface area is 435 Å². The van der Waals surface area contributed by atoms with Crippen molar-refractivity contribution >= 4 is 84.5 Å². The molecule has 392 valence electrons. The molecule has 0 spiro atoms. The SMILES string of the molecule is CC(C)(C)OC(=O)N1CCN(c2ncc(C(=N[S@@](=O)C(C)(C)C)c3ccc(F)cc3)cn2)CC1.CC(C)(C)OC(=O)N1CCN(c2ncc(C(=O)c3ccc(F)cc3)cn2)CC1.CC(C)(C)[S@@](N)=O.S.S. The van der Waals surface area contributed by atoms with Gasteiger partial charge in [-0.15, -0.1) is 0 Å². The summed E-state index contributed by atoms with van der Waals surface area (Å²) in [6.45, 7) is 26.4. The van der Waals surface area contributed by atoms with Crippen LogP contribution in [0.25, 0.3) is 0 Å². The molecule has 0 unspecified atom stereocenters. The summed E-state index contributed by atoms with van der Waals surface area (Å²) in [7, 11) is -2.70. The van der Waals surface area contributed by atoms with Crippen LogP contribution in [0.3, 0.4) is 0 Å². The predicted octanol–water partition coefficient (Wildman–Crippen LogP) is 7.51. The summed E-state index contributed by atoms with van der Waals surface area (Å²) in [4.78, 5) is 61.6. The number of nitrogens with zero attached hydrogens (tertiary/aromatic N) is 9. The summed E-state index contributed by atoms with van der Waals surface area (Å²) in [5.74, 6) is 0.00890. The van der Waals surface area contributed by atoms with Gasteiger partial charge in [-0.2, -0.15) is 31.4 Å². The van der Waals surface area contributed by atoms with E-state index in [1.54, 1.807) is 34.3 Å². The molecule has 2 aromatic heterocycles. The zero-order chi connectivity index (χ0) is 51.5. The van der Waals surface area contributed by atoms with Gasteiger partial charge in [-0.1, -0.05) is 0 Å². The number of nitrogens with two attached hydrogens (primary N) is 1. The molecule has 71 heavy (non-hydrogen) atoms. The second-order valence-electron chi connectivity index (χ2n) is 20.0. The first-order valence-electron chi connectivity index (χ1n) is 22.3. The summed E-state index contributed by atoms with van der Waals surface area (Å²) in [5.41, 5.74) is 1.31. The summed E-state index contributed by atoms with van der Waals surface area (Å²) < 4.78 is 64.0. The molecule has 2 saturated heterocycles. The number of anilines is 2. The van der Waals surface area contributed by atoms with Crippen molar-refractivity contribution in [2.75, 3.05) is 62.2 Å². The number of ether oxygens (including phenoxy) is 2. The minimum absolute atomic E-state index is 0. The Morgan fingerprint density at radius 2 is 0.859 bits per heavy atom. The van der Waals surface area contributed by atoms with Crippen LogP contribution < -0.4 is 14.9 Å². The highest BCUT2D eigenvalue weighted by Gasteiger charge is 2.29. The lowest BCUT2D eigenvalue weighted by Gasteiger charge is -2.35. The van der Waals surface area contributed by atoms with Crippen LogP contribution in [0.5, 0.6) is 0 Å². The number of carbonyl (C=O) groups excluding carboxylic acids is 3. The number of halogens is 2. The van der Waals surface area contributed by atoms with Crippen LogP contribution >= 0.6 is 27.0 Å². The molecule has 2 fully saturated rings. The number of amides is 2. The average Bonchev–Trinajstić information content (AvgIpc) is 3.27. The van der Waals surface area contributed by atoms with Crippen LogP contribution in [0.1, 0.15) is 110 Å². The zero-order valence-electron chi connectivity index (χ0n) is 42.6. The third kappa shape index (κ3) is 20.1. The van der Waals surface area contributed by atoms with Gasteiger partial charge in [-0.3, -0.25) is 9.93 Å². The smallest absolute Gasteiger partial charge is 0.410 e. The fourth-order valence-electron chi connectivity index (χ4n) is 5.91. The minimum Gasteiger partial charge on any atom is -0.444 e. The van der Waals surface area contributed by atoms with Crippen molar-refractivity contribution in [2.45, 2.75) is 104 Å². The molecular formula is C48H70F2N10O7S4. The van der Waals surface area contributed by atoms with Crippen molar-refractivity contribution in [2.24, 2.45) is 9.54 Å². The Hall–Kier alpha value is -5.10. The third-order valence-electron chi connectivity index (χ3n) is 9.77. The van der Waals surface area contributed by atoms with Crippen LogP contribution in [0.2, 0.25) is 0 Å². The maximum Gasteiger partial charge on any atom is 0.410 e. The Morgan fingerprint density at radius 1 is 0.535 bits per heavy atom. The molecule has 2 aliphatic rings. The molecule has 0 radical (unpaired) electrons. The number of hydrogen-bond donors (Lipinski definition) is 1. The first-order valence-corrected chi connectivity index (χ1v) is 24.7. The second-order valence-corrected chi connectivity index (χ2v) is 23.7. The van der Waals surface area contributed by atoms with E-state index in [-0.39, 0.29) is 55.5 Å². The largest absolute Gasteiger partial charge is 0.444 e. The van der Waals surface area contributed by atoms with Gasteiger partial charge in [-0.25, -0.2) is 46.7 Å². The van der Waals surface area contributed by atoms with Gasteiger partial charge >= 0.3 is 12.2 Å². The fourth-order valence-corrected chi connectivity index (χ4v) is 6.56. The summed E-state index contributed by atoms with van der Waals surface area (Å²) in [6, 6.07) is 11.2. The van der Waals surface area contributed by atoms with E-state index in [1.807, 2.05) is 92.9 Å². The number of carbonyl (C=O) groups is 3. The van der Waals surface area contributed by atoms with E-state index in [2.05, 4.69) is 24.3 Å². The Balaban J connectivity index is 0.000000423. The van der Waals surface area contributed by atoms with E-state index >= 15 is 0 Å². The van der Waals surface area contributed by atoms with Crippen molar-refractivity contribution in [3.8, 4) is 0 Å². The van der Waals surface area contributed by atoms with Crippen LogP contribution in [0.4, 0.5) is 30.3 Å². The summed E-state index contributed by atoms with van der Waals surface area (Å²) in [6.07, 6.45) is 5.54. The van der Waals surface area contributed by atoms with E-state index in [0.717, 1.165) is 0 Å². The molecule has 0 saturated carbocycles. The standard InChI is InChI=1S/C24H32FN5O3S.C20H23FN4O3.C4H11NOS.2H2S/c1-23(2,3)33-22(31)30-13-11-29(12-14-30)21-26-15-18(16-27-21)20(28-34(32)24(4,5)6)17-7-9-19(25)10-8-17;1-20(2,3)28-19(27)25-10-8-24(9-11-25)18-22-12-15(13-23-18)17(26)14-4-6-16(21)7-5-14;1-4(2,3)7(5)6;;/h7-10,15-16H,11-14H2,1-6H3;4-7,12-13H,8-11H2,1-3H3;5H2,1-3H3;2*1H2/t34-;;7-;;/m0.0../s1. The molecule has 0 bridgehead atoms. The Kier molecular flexibility index (Phi) is 23.2. The average molecular weight is 1070 g/mol. The van der Waals surface area contributed by atoms with Crippen LogP contribution in [0, 0.1) is 11.6 Å². The molecule has 2 atom stereocenters. The van der Waals surface area contributed by atoms with Crippen LogP contribution in [0.15, 0.2) is 77.7 Å². The number of hydrogen-bond acceptors (Lipinski definition) is 13. The lowest BCUT2D eigenvalue weighted by Crippen LogP contribution is -2.50. The number of aromatic nitrogens is 4. The minimum atomic E-state index is -1.52. The molecule has 23 heteroatoms. The molecule has 4 heterocycles. The molecular weight excluding hydrogens is 995 g/mol. The van der Waals surface area contributed by atoms with Crippen molar-refractivity contribution < 1.29 is 41.1 Å². The second kappa shape index (κ2) is 26.6.